The summed E-state index contributed by atoms with van der Waals surface area (Å²) >= 11 is 0. The Labute approximate surface area is 62.1 Å². The predicted molar refractivity (Wildman–Crippen MR) is 40.0 cm³/mol. The molecule has 1 rings (SSSR count). The lowest BCUT2D eigenvalue weighted by atomic mass is 10.0. The van der Waals surface area contributed by atoms with E-state index in [1.807, 2.05) is 0 Å². The highest BCUT2D eigenvalue weighted by molar-refractivity contribution is 5.85. The van der Waals surface area contributed by atoms with Gasteiger partial charge in [0.2, 0.25) is 0 Å². The first-order valence-corrected chi connectivity index (χ1v) is 3.20. The van der Waals surface area contributed by atoms with Gasteiger partial charge in [0, 0.05) is 6.04 Å². The van der Waals surface area contributed by atoms with Gasteiger partial charge in [-0.25, -0.2) is 0 Å². The summed E-state index contributed by atoms with van der Waals surface area (Å²) in [5, 5.41) is 12.3. The molecule has 9 heavy (non-hydrogen) atoms. The van der Waals surface area contributed by atoms with Crippen molar-refractivity contribution in [2.45, 2.75) is 31.9 Å². The Morgan fingerprint density at radius 3 is 2.56 bits per heavy atom. The van der Waals surface area contributed by atoms with E-state index >= 15 is 0 Å². The van der Waals surface area contributed by atoms with Gasteiger partial charge < -0.3 is 10.4 Å². The second kappa shape index (κ2) is 4.09. The highest BCUT2D eigenvalue weighted by atomic mass is 35.5. The van der Waals surface area contributed by atoms with Crippen LogP contribution in [0.2, 0.25) is 0 Å². The van der Waals surface area contributed by atoms with Gasteiger partial charge in [0.05, 0.1) is 6.10 Å². The lowest BCUT2D eigenvalue weighted by Gasteiger charge is -2.23. The maximum Gasteiger partial charge on any atom is 0.0567 e. The topological polar surface area (TPSA) is 32.3 Å². The van der Waals surface area contributed by atoms with Crippen molar-refractivity contribution in [1.82, 2.24) is 5.32 Å². The first-order chi connectivity index (χ1) is 3.79. The SMILES string of the molecule is C[C@@H]1C[C@H](O)CCN1.Cl. The van der Waals surface area contributed by atoms with Gasteiger partial charge >= 0.3 is 0 Å². The van der Waals surface area contributed by atoms with Crippen molar-refractivity contribution in [1.29, 1.82) is 0 Å². The maximum absolute atomic E-state index is 9.04. The molecule has 2 N–H and O–H groups in total. The maximum atomic E-state index is 9.04. The minimum Gasteiger partial charge on any atom is -0.393 e. The number of aliphatic hydroxyl groups excluding tert-OH is 1. The summed E-state index contributed by atoms with van der Waals surface area (Å²) in [6.07, 6.45) is 1.79. The Balaban J connectivity index is 0.000000640. The third-order valence-electron chi connectivity index (χ3n) is 1.60. The van der Waals surface area contributed by atoms with Crippen molar-refractivity contribution < 1.29 is 5.11 Å². The number of halogens is 1. The molecule has 0 bridgehead atoms. The summed E-state index contributed by atoms with van der Waals surface area (Å²) in [5.74, 6) is 0. The zero-order chi connectivity index (χ0) is 5.98. The van der Waals surface area contributed by atoms with Crippen LogP contribution in [0.1, 0.15) is 19.8 Å². The molecule has 0 aromatic rings. The van der Waals surface area contributed by atoms with Crippen molar-refractivity contribution >= 4 is 12.4 Å². The molecule has 2 atom stereocenters. The van der Waals surface area contributed by atoms with E-state index in [1.165, 1.54) is 0 Å². The molecule has 1 saturated heterocycles. The molecular weight excluding hydrogens is 138 g/mol. The predicted octanol–water partition coefficient (Wildman–Crippen LogP) is 0.541. The van der Waals surface area contributed by atoms with E-state index in [2.05, 4.69) is 12.2 Å². The lowest BCUT2D eigenvalue weighted by molar-refractivity contribution is 0.120. The molecule has 3 heteroatoms. The average Bonchev–Trinajstić information content (AvgIpc) is 1.64. The molecule has 0 amide bonds. The van der Waals surface area contributed by atoms with Gasteiger partial charge in [-0.3, -0.25) is 0 Å². The van der Waals surface area contributed by atoms with Crippen LogP contribution in [0.25, 0.3) is 0 Å². The number of piperidine rings is 1. The molecule has 2 nitrogen and oxygen atoms in total. The van der Waals surface area contributed by atoms with Crippen LogP contribution in [-0.2, 0) is 0 Å². The largest absolute Gasteiger partial charge is 0.393 e. The zero-order valence-corrected chi connectivity index (χ0v) is 6.45. The molecule has 0 unspecified atom stereocenters. The molecule has 0 spiro atoms. The normalized spacial score (nSPS) is 35.3. The van der Waals surface area contributed by atoms with Gasteiger partial charge in [0.1, 0.15) is 0 Å². The van der Waals surface area contributed by atoms with E-state index in [0.29, 0.717) is 6.04 Å². The van der Waals surface area contributed by atoms with Gasteiger partial charge in [-0.15, -0.1) is 12.4 Å². The minimum absolute atomic E-state index is 0. The molecule has 0 aromatic carbocycles. The van der Waals surface area contributed by atoms with Gasteiger partial charge in [-0.05, 0) is 26.3 Å². The summed E-state index contributed by atoms with van der Waals surface area (Å²) in [7, 11) is 0. The second-order valence-electron chi connectivity index (χ2n) is 2.53. The standard InChI is InChI=1S/C6H13NO.ClH/c1-5-4-6(8)2-3-7-5;/h5-8H,2-4H2,1H3;1H/t5-,6-;/m1./s1. The molecule has 0 saturated carbocycles. The van der Waals surface area contributed by atoms with E-state index < -0.39 is 0 Å². The number of nitrogens with one attached hydrogen (secondary N) is 1. The molecule has 0 radical (unpaired) electrons. The quantitative estimate of drug-likeness (QED) is 0.530. The van der Waals surface area contributed by atoms with Gasteiger partial charge in [-0.1, -0.05) is 0 Å². The van der Waals surface area contributed by atoms with E-state index in [-0.39, 0.29) is 18.5 Å². The number of hydrogen-bond donors (Lipinski definition) is 2. The van der Waals surface area contributed by atoms with Crippen LogP contribution in [0.15, 0.2) is 0 Å². The number of aliphatic hydroxyl groups is 1. The fraction of sp³-hybridized carbons (Fsp3) is 1.00. The lowest BCUT2D eigenvalue weighted by Crippen LogP contribution is -2.37. The molecule has 1 heterocycles. The number of rotatable bonds is 0. The van der Waals surface area contributed by atoms with Crippen molar-refractivity contribution in [2.75, 3.05) is 6.54 Å². The second-order valence-corrected chi connectivity index (χ2v) is 2.53. The summed E-state index contributed by atoms with van der Waals surface area (Å²) in [6.45, 7) is 3.07. The zero-order valence-electron chi connectivity index (χ0n) is 5.63. The summed E-state index contributed by atoms with van der Waals surface area (Å²) in [4.78, 5) is 0. The Kier molecular flexibility index (Phi) is 4.19. The van der Waals surface area contributed by atoms with E-state index in [4.69, 9.17) is 5.11 Å². The summed E-state index contributed by atoms with van der Waals surface area (Å²) < 4.78 is 0. The third-order valence-corrected chi connectivity index (χ3v) is 1.60. The molecule has 1 fully saturated rings. The van der Waals surface area contributed by atoms with Gasteiger partial charge in [0.25, 0.3) is 0 Å². The Hall–Kier alpha value is 0.210. The summed E-state index contributed by atoms with van der Waals surface area (Å²) in [5.41, 5.74) is 0. The summed E-state index contributed by atoms with van der Waals surface area (Å²) in [6, 6.07) is 0.513. The Bertz CT molecular complexity index is 71.5. The van der Waals surface area contributed by atoms with Crippen LogP contribution >= 0.6 is 12.4 Å². The molecule has 0 aliphatic carbocycles. The first kappa shape index (κ1) is 9.21. The minimum atomic E-state index is -0.0498. The fourth-order valence-corrected chi connectivity index (χ4v) is 1.11. The average molecular weight is 152 g/mol. The van der Waals surface area contributed by atoms with Gasteiger partial charge in [-0.2, -0.15) is 0 Å². The van der Waals surface area contributed by atoms with Crippen molar-refractivity contribution in [2.24, 2.45) is 0 Å². The monoisotopic (exact) mass is 151 g/mol. The Morgan fingerprint density at radius 2 is 2.22 bits per heavy atom. The van der Waals surface area contributed by atoms with Crippen molar-refractivity contribution in [3.8, 4) is 0 Å². The van der Waals surface area contributed by atoms with Crippen molar-refractivity contribution in [3.05, 3.63) is 0 Å². The van der Waals surface area contributed by atoms with Gasteiger partial charge in [0.15, 0.2) is 0 Å². The molecule has 0 aromatic heterocycles. The van der Waals surface area contributed by atoms with E-state index in [0.717, 1.165) is 19.4 Å². The number of hydrogen-bond acceptors (Lipinski definition) is 2. The molecular formula is C6H14ClNO. The van der Waals surface area contributed by atoms with E-state index in [1.54, 1.807) is 0 Å². The van der Waals surface area contributed by atoms with Crippen LogP contribution < -0.4 is 5.32 Å². The third kappa shape index (κ3) is 3.04. The smallest absolute Gasteiger partial charge is 0.0567 e. The fourth-order valence-electron chi connectivity index (χ4n) is 1.11. The van der Waals surface area contributed by atoms with Crippen LogP contribution in [0.4, 0.5) is 0 Å². The van der Waals surface area contributed by atoms with E-state index in [9.17, 15) is 0 Å². The Morgan fingerprint density at radius 1 is 1.56 bits per heavy atom. The van der Waals surface area contributed by atoms with Crippen LogP contribution in [0.5, 0.6) is 0 Å². The first-order valence-electron chi connectivity index (χ1n) is 3.20. The molecule has 1 aliphatic rings. The highest BCUT2D eigenvalue weighted by Crippen LogP contribution is 2.06. The molecule has 1 aliphatic heterocycles. The van der Waals surface area contributed by atoms with Crippen molar-refractivity contribution in [3.63, 3.8) is 0 Å². The van der Waals surface area contributed by atoms with Crippen LogP contribution in [0, 0.1) is 0 Å². The molecule has 56 valence electrons. The van der Waals surface area contributed by atoms with Crippen LogP contribution in [-0.4, -0.2) is 23.8 Å². The van der Waals surface area contributed by atoms with Crippen LogP contribution in [0.3, 0.4) is 0 Å². The highest BCUT2D eigenvalue weighted by Gasteiger charge is 2.14.